The van der Waals surface area contributed by atoms with Gasteiger partial charge in [-0.2, -0.15) is 0 Å². The first kappa shape index (κ1) is 11.3. The molecule has 11 heavy (non-hydrogen) atoms. The number of hydrogen-bond acceptors (Lipinski definition) is 2. The van der Waals surface area contributed by atoms with Crippen molar-refractivity contribution in [2.75, 3.05) is 0 Å². The minimum absolute atomic E-state index is 0.882. The number of allylic oxidation sites excluding steroid dienone is 1. The summed E-state index contributed by atoms with van der Waals surface area (Å²) in [4.78, 5) is 8.01. The standard InChI is InChI=1S/C7H8I2N2/c1-3-10-6(8)5-7(9)11-4-2/h3-5H,1H2,2H3/b7-5-,10-6+,11-4+. The smallest absolute Gasteiger partial charge is 0.103 e. The third-order valence-electron chi connectivity index (χ3n) is 0.705. The quantitative estimate of drug-likeness (QED) is 0.412. The molecule has 0 bridgehead atoms. The summed E-state index contributed by atoms with van der Waals surface area (Å²) >= 11 is 4.26. The fraction of sp³-hybridized carbons (Fsp3) is 0.143. The molecule has 2 nitrogen and oxygen atoms in total. The van der Waals surface area contributed by atoms with Gasteiger partial charge in [0.1, 0.15) is 7.42 Å². The monoisotopic (exact) mass is 374 g/mol. The van der Waals surface area contributed by atoms with E-state index < -0.39 is 0 Å². The number of nitrogens with zero attached hydrogens (tertiary/aromatic N) is 2. The van der Waals surface area contributed by atoms with Crippen LogP contribution in [0.5, 0.6) is 0 Å². The van der Waals surface area contributed by atoms with Crippen LogP contribution in [0.15, 0.2) is 32.5 Å². The van der Waals surface area contributed by atoms with E-state index in [9.17, 15) is 0 Å². The van der Waals surface area contributed by atoms with Crippen LogP contribution in [0.4, 0.5) is 0 Å². The SMILES string of the molecule is C=C\N=C(I)/C=C(I)\N=C\C. The van der Waals surface area contributed by atoms with Crippen molar-refractivity contribution < 1.29 is 0 Å². The molecular weight excluding hydrogens is 366 g/mol. The molecule has 0 N–H and O–H groups in total. The van der Waals surface area contributed by atoms with Gasteiger partial charge < -0.3 is 0 Å². The Bertz CT molecular complexity index is 216. The zero-order valence-corrected chi connectivity index (χ0v) is 10.4. The van der Waals surface area contributed by atoms with Crippen LogP contribution in [0.25, 0.3) is 0 Å². The van der Waals surface area contributed by atoms with Crippen LogP contribution in [0, 0.1) is 0 Å². The van der Waals surface area contributed by atoms with Crippen molar-refractivity contribution in [2.45, 2.75) is 6.92 Å². The Hall–Kier alpha value is 0.280. The topological polar surface area (TPSA) is 24.7 Å². The Morgan fingerprint density at radius 3 is 2.55 bits per heavy atom. The summed E-state index contributed by atoms with van der Waals surface area (Å²) in [6.07, 6.45) is 5.14. The third kappa shape index (κ3) is 6.67. The maximum Gasteiger partial charge on any atom is 0.103 e. The molecular formula is C7H8I2N2. The van der Waals surface area contributed by atoms with Crippen LogP contribution < -0.4 is 0 Å². The molecule has 0 aromatic heterocycles. The van der Waals surface area contributed by atoms with Gasteiger partial charge in [-0.15, -0.1) is 0 Å². The van der Waals surface area contributed by atoms with Crippen molar-refractivity contribution in [1.29, 1.82) is 0 Å². The Morgan fingerprint density at radius 1 is 1.45 bits per heavy atom. The second-order valence-electron chi connectivity index (χ2n) is 1.49. The van der Waals surface area contributed by atoms with Crippen LogP contribution in [-0.4, -0.2) is 9.93 Å². The third-order valence-corrected chi connectivity index (χ3v) is 1.89. The lowest BCUT2D eigenvalue weighted by Gasteiger charge is -1.87. The van der Waals surface area contributed by atoms with Crippen LogP contribution in [0.2, 0.25) is 0 Å². The number of rotatable bonds is 3. The highest BCUT2D eigenvalue weighted by molar-refractivity contribution is 14.1. The van der Waals surface area contributed by atoms with Gasteiger partial charge in [0, 0.05) is 18.5 Å². The number of hydrogen-bond donors (Lipinski definition) is 0. The van der Waals surface area contributed by atoms with Gasteiger partial charge in [0.25, 0.3) is 0 Å². The predicted molar refractivity (Wildman–Crippen MR) is 67.9 cm³/mol. The highest BCUT2D eigenvalue weighted by atomic mass is 127. The molecule has 0 aliphatic heterocycles. The van der Waals surface area contributed by atoms with Gasteiger partial charge in [0.15, 0.2) is 0 Å². The zero-order valence-electron chi connectivity index (χ0n) is 6.09. The lowest BCUT2D eigenvalue weighted by atomic mass is 10.6. The summed E-state index contributed by atoms with van der Waals surface area (Å²) in [5.41, 5.74) is 0. The van der Waals surface area contributed by atoms with Crippen molar-refractivity contribution in [2.24, 2.45) is 9.98 Å². The Labute approximate surface area is 93.9 Å². The average molecular weight is 374 g/mol. The molecule has 0 unspecified atom stereocenters. The lowest BCUT2D eigenvalue weighted by molar-refractivity contribution is 1.56. The fourth-order valence-corrected chi connectivity index (χ4v) is 2.04. The molecule has 4 heteroatoms. The Kier molecular flexibility index (Phi) is 7.13. The number of halogens is 2. The van der Waals surface area contributed by atoms with Gasteiger partial charge in [-0.3, -0.25) is 9.98 Å². The summed E-state index contributed by atoms with van der Waals surface area (Å²) in [5, 5.41) is 0. The molecule has 0 heterocycles. The predicted octanol–water partition coefficient (Wildman–Crippen LogP) is 3.33. The van der Waals surface area contributed by atoms with E-state index in [1.54, 1.807) is 6.21 Å². The van der Waals surface area contributed by atoms with E-state index in [4.69, 9.17) is 0 Å². The van der Waals surface area contributed by atoms with Gasteiger partial charge >= 0.3 is 0 Å². The molecule has 60 valence electrons. The maximum absolute atomic E-state index is 4.05. The first-order chi connectivity index (χ1) is 5.20. The Balaban J connectivity index is 4.29. The lowest BCUT2D eigenvalue weighted by Crippen LogP contribution is -1.77. The second-order valence-corrected chi connectivity index (χ2v) is 3.70. The second kappa shape index (κ2) is 6.96. The molecule has 0 aliphatic carbocycles. The summed E-state index contributed by atoms with van der Waals surface area (Å²) in [6, 6.07) is 0. The molecule has 0 spiro atoms. The van der Waals surface area contributed by atoms with Gasteiger partial charge in [0.05, 0.1) is 0 Å². The van der Waals surface area contributed by atoms with Gasteiger partial charge in [-0.1, -0.05) is 6.58 Å². The highest BCUT2D eigenvalue weighted by Crippen LogP contribution is 2.09. The van der Waals surface area contributed by atoms with Crippen LogP contribution in [0.3, 0.4) is 0 Å². The molecule has 0 amide bonds. The van der Waals surface area contributed by atoms with Gasteiger partial charge in [0.2, 0.25) is 0 Å². The van der Waals surface area contributed by atoms with Crippen LogP contribution in [0.1, 0.15) is 6.92 Å². The fourth-order valence-electron chi connectivity index (χ4n) is 0.383. The molecule has 0 rings (SSSR count). The van der Waals surface area contributed by atoms with E-state index in [0.29, 0.717) is 0 Å². The van der Waals surface area contributed by atoms with Gasteiger partial charge in [-0.05, 0) is 52.1 Å². The highest BCUT2D eigenvalue weighted by Gasteiger charge is 1.87. The summed E-state index contributed by atoms with van der Waals surface area (Å²) in [7, 11) is 0. The Morgan fingerprint density at radius 2 is 2.09 bits per heavy atom. The first-order valence-corrected chi connectivity index (χ1v) is 5.06. The van der Waals surface area contributed by atoms with Gasteiger partial charge in [-0.25, -0.2) is 0 Å². The van der Waals surface area contributed by atoms with E-state index >= 15 is 0 Å². The normalized spacial score (nSPS) is 14.1. The molecule has 0 saturated carbocycles. The van der Waals surface area contributed by atoms with E-state index in [1.807, 2.05) is 13.0 Å². The van der Waals surface area contributed by atoms with Crippen molar-refractivity contribution in [1.82, 2.24) is 0 Å². The average Bonchev–Trinajstić information content (AvgIpc) is 1.87. The van der Waals surface area contributed by atoms with Crippen molar-refractivity contribution >= 4 is 55.1 Å². The number of aliphatic imine (C=N–C) groups is 2. The minimum Gasteiger partial charge on any atom is -0.255 e. The van der Waals surface area contributed by atoms with Crippen LogP contribution in [-0.2, 0) is 0 Å². The largest absolute Gasteiger partial charge is 0.255 e. The summed E-state index contributed by atoms with van der Waals surface area (Å²) in [5.74, 6) is 0. The van der Waals surface area contributed by atoms with E-state index in [1.165, 1.54) is 6.20 Å². The summed E-state index contributed by atoms with van der Waals surface area (Å²) in [6.45, 7) is 5.37. The molecule has 0 saturated heterocycles. The summed E-state index contributed by atoms with van der Waals surface area (Å²) < 4.78 is 1.80. The maximum atomic E-state index is 4.05. The molecule has 0 aromatic rings. The molecule has 0 fully saturated rings. The van der Waals surface area contributed by atoms with E-state index in [2.05, 4.69) is 61.7 Å². The van der Waals surface area contributed by atoms with Crippen molar-refractivity contribution in [3.8, 4) is 0 Å². The minimum atomic E-state index is 0.882. The molecule has 0 atom stereocenters. The van der Waals surface area contributed by atoms with Crippen molar-refractivity contribution in [3.63, 3.8) is 0 Å². The van der Waals surface area contributed by atoms with Crippen LogP contribution >= 0.6 is 45.2 Å². The molecule has 0 radical (unpaired) electrons. The molecule has 0 aliphatic rings. The molecule has 0 aromatic carbocycles. The van der Waals surface area contributed by atoms with Crippen molar-refractivity contribution in [3.05, 3.63) is 22.6 Å². The van der Waals surface area contributed by atoms with E-state index in [0.717, 1.165) is 7.42 Å². The van der Waals surface area contributed by atoms with E-state index in [-0.39, 0.29) is 0 Å². The first-order valence-electron chi connectivity index (χ1n) is 2.90. The zero-order chi connectivity index (χ0) is 8.69.